The standard InChI is InChI=1S/C13H17NO5S2/c1-20-7-6-11(13(16)17)14-12(15)9-4-3-5-10(8-9)21(2,18)19/h3-5,8,11H,6-7H2,1-2H3,(H,14,15)(H,16,17)/t11-/m1/s1. The predicted octanol–water partition coefficient (Wildman–Crippen LogP) is 1.03. The normalized spacial score (nSPS) is 12.7. The molecule has 1 aromatic carbocycles. The summed E-state index contributed by atoms with van der Waals surface area (Å²) < 4.78 is 22.9. The van der Waals surface area contributed by atoms with Gasteiger partial charge < -0.3 is 10.4 Å². The number of carbonyl (C=O) groups excluding carboxylic acids is 1. The molecule has 0 aliphatic heterocycles. The SMILES string of the molecule is CSCC[C@@H](NC(=O)c1cccc(S(C)(=O)=O)c1)C(=O)O. The topological polar surface area (TPSA) is 101 Å². The number of sulfone groups is 1. The zero-order valence-corrected chi connectivity index (χ0v) is 13.3. The number of thioether (sulfide) groups is 1. The molecule has 0 fully saturated rings. The summed E-state index contributed by atoms with van der Waals surface area (Å²) in [6.07, 6.45) is 3.19. The van der Waals surface area contributed by atoms with E-state index in [-0.39, 0.29) is 10.5 Å². The highest BCUT2D eigenvalue weighted by atomic mass is 32.2. The highest BCUT2D eigenvalue weighted by Crippen LogP contribution is 2.12. The third kappa shape index (κ3) is 5.39. The maximum Gasteiger partial charge on any atom is 0.326 e. The molecule has 0 aromatic heterocycles. The number of rotatable bonds is 7. The summed E-state index contributed by atoms with van der Waals surface area (Å²) in [6, 6.07) is 4.51. The summed E-state index contributed by atoms with van der Waals surface area (Å²) in [7, 11) is -3.42. The van der Waals surface area contributed by atoms with Crippen molar-refractivity contribution < 1.29 is 23.1 Å². The van der Waals surface area contributed by atoms with Crippen LogP contribution in [0.5, 0.6) is 0 Å². The molecule has 116 valence electrons. The van der Waals surface area contributed by atoms with E-state index in [2.05, 4.69) is 5.32 Å². The first-order valence-electron chi connectivity index (χ1n) is 6.08. The second kappa shape index (κ2) is 7.46. The first-order valence-corrected chi connectivity index (χ1v) is 9.37. The van der Waals surface area contributed by atoms with Crippen LogP contribution in [0, 0.1) is 0 Å². The Kier molecular flexibility index (Phi) is 6.22. The van der Waals surface area contributed by atoms with Gasteiger partial charge in [-0.3, -0.25) is 4.79 Å². The van der Waals surface area contributed by atoms with Crippen LogP contribution in [0.4, 0.5) is 0 Å². The van der Waals surface area contributed by atoms with Gasteiger partial charge in [-0.1, -0.05) is 6.07 Å². The maximum atomic E-state index is 12.0. The molecule has 0 aliphatic rings. The van der Waals surface area contributed by atoms with E-state index >= 15 is 0 Å². The molecular weight excluding hydrogens is 314 g/mol. The largest absolute Gasteiger partial charge is 0.480 e. The number of hydrogen-bond donors (Lipinski definition) is 2. The fourth-order valence-electron chi connectivity index (χ4n) is 1.60. The van der Waals surface area contributed by atoms with Crippen LogP contribution in [-0.4, -0.2) is 49.7 Å². The van der Waals surface area contributed by atoms with Crippen molar-refractivity contribution in [1.29, 1.82) is 0 Å². The Bertz CT molecular complexity index is 627. The molecule has 2 N–H and O–H groups in total. The van der Waals surface area contributed by atoms with Crippen molar-refractivity contribution in [3.8, 4) is 0 Å². The fraction of sp³-hybridized carbons (Fsp3) is 0.385. The second-order valence-corrected chi connectivity index (χ2v) is 7.45. The predicted molar refractivity (Wildman–Crippen MR) is 81.4 cm³/mol. The van der Waals surface area contributed by atoms with E-state index in [1.54, 1.807) is 0 Å². The number of benzene rings is 1. The van der Waals surface area contributed by atoms with Gasteiger partial charge in [-0.15, -0.1) is 0 Å². The van der Waals surface area contributed by atoms with E-state index in [0.29, 0.717) is 12.2 Å². The van der Waals surface area contributed by atoms with Crippen molar-refractivity contribution in [2.75, 3.05) is 18.3 Å². The van der Waals surface area contributed by atoms with E-state index in [1.165, 1.54) is 36.0 Å². The summed E-state index contributed by atoms with van der Waals surface area (Å²) in [5, 5.41) is 11.5. The quantitative estimate of drug-likeness (QED) is 0.774. The summed E-state index contributed by atoms with van der Waals surface area (Å²) in [4.78, 5) is 23.1. The molecule has 1 amide bonds. The van der Waals surface area contributed by atoms with Gasteiger partial charge in [0.05, 0.1) is 4.90 Å². The second-order valence-electron chi connectivity index (χ2n) is 4.45. The van der Waals surface area contributed by atoms with E-state index < -0.39 is 27.8 Å². The number of amides is 1. The first-order chi connectivity index (χ1) is 9.75. The van der Waals surface area contributed by atoms with Crippen LogP contribution >= 0.6 is 11.8 Å². The van der Waals surface area contributed by atoms with E-state index in [1.807, 2.05) is 6.26 Å². The summed E-state index contributed by atoms with van der Waals surface area (Å²) in [5.41, 5.74) is 0.119. The molecule has 0 spiro atoms. The Hall–Kier alpha value is -1.54. The van der Waals surface area contributed by atoms with Crippen molar-refractivity contribution >= 4 is 33.5 Å². The minimum atomic E-state index is -3.42. The van der Waals surface area contributed by atoms with Crippen molar-refractivity contribution in [3.63, 3.8) is 0 Å². The molecule has 1 rings (SSSR count). The average Bonchev–Trinajstić information content (AvgIpc) is 2.42. The van der Waals surface area contributed by atoms with Gasteiger partial charge in [0.1, 0.15) is 6.04 Å². The van der Waals surface area contributed by atoms with Crippen LogP contribution < -0.4 is 5.32 Å². The molecular formula is C13H17NO5S2. The average molecular weight is 331 g/mol. The molecule has 6 nitrogen and oxygen atoms in total. The van der Waals surface area contributed by atoms with E-state index in [9.17, 15) is 18.0 Å². The molecule has 8 heteroatoms. The number of nitrogens with one attached hydrogen (secondary N) is 1. The molecule has 0 radical (unpaired) electrons. The number of hydrogen-bond acceptors (Lipinski definition) is 5. The highest BCUT2D eigenvalue weighted by Gasteiger charge is 2.20. The zero-order chi connectivity index (χ0) is 16.0. The molecule has 0 saturated carbocycles. The Balaban J connectivity index is 2.90. The van der Waals surface area contributed by atoms with Crippen molar-refractivity contribution in [1.82, 2.24) is 5.32 Å². The molecule has 0 bridgehead atoms. The van der Waals surface area contributed by atoms with Crippen molar-refractivity contribution in [2.24, 2.45) is 0 Å². The van der Waals surface area contributed by atoms with Gasteiger partial charge in [-0.2, -0.15) is 11.8 Å². The maximum absolute atomic E-state index is 12.0. The van der Waals surface area contributed by atoms with Gasteiger partial charge in [-0.05, 0) is 36.6 Å². The minimum Gasteiger partial charge on any atom is -0.480 e. The van der Waals surface area contributed by atoms with Crippen LogP contribution in [-0.2, 0) is 14.6 Å². The van der Waals surface area contributed by atoms with Crippen LogP contribution in [0.25, 0.3) is 0 Å². The lowest BCUT2D eigenvalue weighted by molar-refractivity contribution is -0.139. The molecule has 21 heavy (non-hydrogen) atoms. The van der Waals surface area contributed by atoms with Crippen LogP contribution in [0.3, 0.4) is 0 Å². The lowest BCUT2D eigenvalue weighted by Crippen LogP contribution is -2.41. The lowest BCUT2D eigenvalue weighted by Gasteiger charge is -2.14. The van der Waals surface area contributed by atoms with Crippen LogP contribution in [0.1, 0.15) is 16.8 Å². The Morgan fingerprint density at radius 1 is 1.38 bits per heavy atom. The van der Waals surface area contributed by atoms with Gasteiger partial charge in [0.15, 0.2) is 9.84 Å². The van der Waals surface area contributed by atoms with Crippen LogP contribution in [0.2, 0.25) is 0 Å². The third-order valence-electron chi connectivity index (χ3n) is 2.74. The van der Waals surface area contributed by atoms with Gasteiger partial charge in [-0.25, -0.2) is 13.2 Å². The molecule has 0 aliphatic carbocycles. The van der Waals surface area contributed by atoms with Crippen LogP contribution in [0.15, 0.2) is 29.2 Å². The van der Waals surface area contributed by atoms with Gasteiger partial charge >= 0.3 is 5.97 Å². The van der Waals surface area contributed by atoms with Crippen molar-refractivity contribution in [3.05, 3.63) is 29.8 Å². The number of aliphatic carboxylic acids is 1. The monoisotopic (exact) mass is 331 g/mol. The Morgan fingerprint density at radius 2 is 2.05 bits per heavy atom. The number of carbonyl (C=O) groups is 2. The zero-order valence-electron chi connectivity index (χ0n) is 11.7. The highest BCUT2D eigenvalue weighted by molar-refractivity contribution is 7.98. The molecule has 1 aromatic rings. The first kappa shape index (κ1) is 17.5. The molecule has 0 heterocycles. The molecule has 0 unspecified atom stereocenters. The smallest absolute Gasteiger partial charge is 0.326 e. The number of carboxylic acids is 1. The lowest BCUT2D eigenvalue weighted by atomic mass is 10.1. The summed E-state index contributed by atoms with van der Waals surface area (Å²) in [5.74, 6) is -1.12. The third-order valence-corrected chi connectivity index (χ3v) is 4.49. The van der Waals surface area contributed by atoms with Gasteiger partial charge in [0.25, 0.3) is 5.91 Å². The molecule has 1 atom stereocenters. The fourth-order valence-corrected chi connectivity index (χ4v) is 2.74. The minimum absolute atomic E-state index is 0.0196. The summed E-state index contributed by atoms with van der Waals surface area (Å²) in [6.45, 7) is 0. The van der Waals surface area contributed by atoms with E-state index in [0.717, 1.165) is 6.26 Å². The van der Waals surface area contributed by atoms with Crippen molar-refractivity contribution in [2.45, 2.75) is 17.4 Å². The Labute approximate surface area is 127 Å². The Morgan fingerprint density at radius 3 is 2.57 bits per heavy atom. The van der Waals surface area contributed by atoms with Gasteiger partial charge in [0.2, 0.25) is 0 Å². The summed E-state index contributed by atoms with van der Waals surface area (Å²) >= 11 is 1.48. The van der Waals surface area contributed by atoms with Gasteiger partial charge in [0, 0.05) is 11.8 Å². The van der Waals surface area contributed by atoms with E-state index in [4.69, 9.17) is 5.11 Å². The number of carboxylic acid groups (broad SMARTS) is 1. The molecule has 0 saturated heterocycles.